The molecule has 1 aromatic carbocycles. The lowest BCUT2D eigenvalue weighted by Gasteiger charge is -2.26. The molecule has 0 saturated carbocycles. The molecule has 0 amide bonds. The Kier molecular flexibility index (Phi) is 4.50. The topological polar surface area (TPSA) is 51.3 Å². The van der Waals surface area contributed by atoms with Crippen LogP contribution in [-0.2, 0) is 9.53 Å². The lowest BCUT2D eigenvalue weighted by atomic mass is 10.1. The van der Waals surface area contributed by atoms with Crippen molar-refractivity contribution in [3.05, 3.63) is 30.0 Å². The van der Waals surface area contributed by atoms with Crippen LogP contribution in [0.5, 0.6) is 5.75 Å². The van der Waals surface area contributed by atoms with Gasteiger partial charge in [0, 0.05) is 22.5 Å². The summed E-state index contributed by atoms with van der Waals surface area (Å²) in [5.74, 6) is 0.392. The van der Waals surface area contributed by atoms with Gasteiger partial charge in [0.1, 0.15) is 11.4 Å². The van der Waals surface area contributed by atoms with E-state index in [2.05, 4.69) is 4.98 Å². The highest BCUT2D eigenvalue weighted by atomic mass is 16.6. The van der Waals surface area contributed by atoms with Crippen LogP contribution in [0.1, 0.15) is 40.3 Å². The molecule has 2 aromatic rings. The van der Waals surface area contributed by atoms with E-state index in [4.69, 9.17) is 9.47 Å². The van der Waals surface area contributed by atoms with Crippen molar-refractivity contribution in [1.82, 2.24) is 4.98 Å². The maximum Gasteiger partial charge on any atom is 0.348 e. The highest BCUT2D eigenvalue weighted by Gasteiger charge is 2.30. The Labute approximate surface area is 131 Å². The summed E-state index contributed by atoms with van der Waals surface area (Å²) in [5, 5.41) is 0.981. The van der Waals surface area contributed by atoms with Crippen molar-refractivity contribution in [3.63, 3.8) is 0 Å². The number of H-pyrrole nitrogens is 1. The highest BCUT2D eigenvalue weighted by molar-refractivity contribution is 5.87. The van der Waals surface area contributed by atoms with Gasteiger partial charge in [0.25, 0.3) is 0 Å². The van der Waals surface area contributed by atoms with Gasteiger partial charge >= 0.3 is 5.97 Å². The van der Waals surface area contributed by atoms with E-state index in [1.165, 1.54) is 0 Å². The van der Waals surface area contributed by atoms with E-state index >= 15 is 0 Å². The molecule has 4 heteroatoms. The molecule has 1 unspecified atom stereocenters. The lowest BCUT2D eigenvalue weighted by molar-refractivity contribution is -0.165. The summed E-state index contributed by atoms with van der Waals surface area (Å²) in [5.41, 5.74) is 1.54. The zero-order chi connectivity index (χ0) is 16.5. The molecule has 0 fully saturated rings. The van der Waals surface area contributed by atoms with Crippen LogP contribution in [0, 0.1) is 12.8 Å². The van der Waals surface area contributed by atoms with E-state index in [0.717, 1.165) is 16.6 Å². The second-order valence-corrected chi connectivity index (χ2v) is 6.99. The van der Waals surface area contributed by atoms with Crippen LogP contribution in [0.4, 0.5) is 0 Å². The van der Waals surface area contributed by atoms with Gasteiger partial charge in [0.2, 0.25) is 0 Å². The van der Waals surface area contributed by atoms with Crippen LogP contribution in [0.25, 0.3) is 10.9 Å². The molecule has 0 aliphatic rings. The number of carbonyl (C=O) groups is 1. The molecular weight excluding hydrogens is 278 g/mol. The number of ether oxygens (including phenoxy) is 2. The van der Waals surface area contributed by atoms with Gasteiger partial charge < -0.3 is 14.5 Å². The molecule has 4 nitrogen and oxygen atoms in total. The number of aryl methyl sites for hydroxylation is 1. The van der Waals surface area contributed by atoms with Gasteiger partial charge in [-0.15, -0.1) is 0 Å². The highest BCUT2D eigenvalue weighted by Crippen LogP contribution is 2.28. The lowest BCUT2D eigenvalue weighted by Crippen LogP contribution is -2.38. The summed E-state index contributed by atoms with van der Waals surface area (Å²) in [6.45, 7) is 11.5. The number of hydrogen-bond donors (Lipinski definition) is 1. The first-order valence-electron chi connectivity index (χ1n) is 7.65. The van der Waals surface area contributed by atoms with Crippen molar-refractivity contribution in [3.8, 4) is 5.75 Å². The number of carbonyl (C=O) groups excluding carboxylic acids is 1. The molecule has 22 heavy (non-hydrogen) atoms. The molecule has 2 rings (SSSR count). The van der Waals surface area contributed by atoms with Crippen LogP contribution in [0.3, 0.4) is 0 Å². The Morgan fingerprint density at radius 1 is 1.23 bits per heavy atom. The number of aromatic amines is 1. The van der Waals surface area contributed by atoms with Crippen LogP contribution in [-0.4, -0.2) is 22.7 Å². The summed E-state index contributed by atoms with van der Waals surface area (Å²) >= 11 is 0. The third kappa shape index (κ3) is 3.81. The Balaban J connectivity index is 2.29. The fourth-order valence-electron chi connectivity index (χ4n) is 2.32. The minimum absolute atomic E-state index is 0.0187. The summed E-state index contributed by atoms with van der Waals surface area (Å²) in [6, 6.07) is 7.82. The van der Waals surface area contributed by atoms with Gasteiger partial charge in [-0.2, -0.15) is 0 Å². The van der Waals surface area contributed by atoms with Crippen molar-refractivity contribution in [1.29, 1.82) is 0 Å². The first-order valence-corrected chi connectivity index (χ1v) is 7.65. The van der Waals surface area contributed by atoms with Crippen LogP contribution in [0.2, 0.25) is 0 Å². The molecule has 0 aliphatic heterocycles. The second kappa shape index (κ2) is 6.03. The average Bonchev–Trinajstić information content (AvgIpc) is 2.74. The minimum atomic E-state index is -0.625. The Bertz CT molecular complexity index is 665. The summed E-state index contributed by atoms with van der Waals surface area (Å²) in [4.78, 5) is 15.7. The molecule has 0 bridgehead atoms. The second-order valence-electron chi connectivity index (χ2n) is 6.99. The number of nitrogens with one attached hydrogen (secondary N) is 1. The van der Waals surface area contributed by atoms with Gasteiger partial charge in [-0.05, 0) is 45.9 Å². The van der Waals surface area contributed by atoms with E-state index in [1.807, 2.05) is 65.8 Å². The van der Waals surface area contributed by atoms with Crippen molar-refractivity contribution in [2.75, 3.05) is 0 Å². The first-order chi connectivity index (χ1) is 10.2. The van der Waals surface area contributed by atoms with Crippen molar-refractivity contribution < 1.29 is 14.3 Å². The molecule has 1 aromatic heterocycles. The standard InChI is InChI=1S/C18H25NO3/c1-11(2)16(17(20)22-18(4,5)6)21-15-9-7-8-14-13(15)10-12(3)19-14/h7-11,16,19H,1-6H3. The summed E-state index contributed by atoms with van der Waals surface area (Å²) in [6.07, 6.45) is -0.625. The molecule has 1 heterocycles. The predicted octanol–water partition coefficient (Wildman–Crippen LogP) is 4.22. The van der Waals surface area contributed by atoms with Crippen LogP contribution in [0.15, 0.2) is 24.3 Å². The smallest absolute Gasteiger partial charge is 0.348 e. The number of fused-ring (bicyclic) bond motifs is 1. The van der Waals surface area contributed by atoms with Gasteiger partial charge in [0.05, 0.1) is 0 Å². The Morgan fingerprint density at radius 3 is 2.50 bits per heavy atom. The first kappa shape index (κ1) is 16.4. The number of hydrogen-bond acceptors (Lipinski definition) is 3. The van der Waals surface area contributed by atoms with Crippen LogP contribution >= 0.6 is 0 Å². The largest absolute Gasteiger partial charge is 0.478 e. The van der Waals surface area contributed by atoms with Gasteiger partial charge in [-0.1, -0.05) is 19.9 Å². The third-order valence-corrected chi connectivity index (χ3v) is 3.26. The predicted molar refractivity (Wildman–Crippen MR) is 88.1 cm³/mol. The van der Waals surface area contributed by atoms with Gasteiger partial charge in [-0.3, -0.25) is 0 Å². The van der Waals surface area contributed by atoms with Crippen molar-refractivity contribution >= 4 is 16.9 Å². The van der Waals surface area contributed by atoms with Gasteiger partial charge in [-0.25, -0.2) is 4.79 Å². The molecule has 0 spiro atoms. The van der Waals surface area contributed by atoms with Crippen LogP contribution < -0.4 is 4.74 Å². The zero-order valence-electron chi connectivity index (χ0n) is 14.2. The van der Waals surface area contributed by atoms with E-state index in [1.54, 1.807) is 0 Å². The number of esters is 1. The maximum atomic E-state index is 12.4. The molecular formula is C18H25NO3. The normalized spacial score (nSPS) is 13.4. The van der Waals surface area contributed by atoms with E-state index < -0.39 is 11.7 Å². The maximum absolute atomic E-state index is 12.4. The molecule has 0 saturated heterocycles. The van der Waals surface area contributed by atoms with Crippen molar-refractivity contribution in [2.45, 2.75) is 53.2 Å². The molecule has 1 N–H and O–H groups in total. The quantitative estimate of drug-likeness (QED) is 0.860. The monoisotopic (exact) mass is 303 g/mol. The molecule has 0 radical (unpaired) electrons. The van der Waals surface area contributed by atoms with E-state index in [0.29, 0.717) is 5.75 Å². The third-order valence-electron chi connectivity index (χ3n) is 3.26. The number of aromatic nitrogens is 1. The average molecular weight is 303 g/mol. The zero-order valence-corrected chi connectivity index (χ0v) is 14.2. The molecule has 120 valence electrons. The molecule has 0 aliphatic carbocycles. The number of benzene rings is 1. The van der Waals surface area contributed by atoms with Crippen molar-refractivity contribution in [2.24, 2.45) is 5.92 Å². The van der Waals surface area contributed by atoms with E-state index in [-0.39, 0.29) is 11.9 Å². The fraction of sp³-hybridized carbons (Fsp3) is 0.500. The fourth-order valence-corrected chi connectivity index (χ4v) is 2.32. The SMILES string of the molecule is Cc1cc2c(OC(C(=O)OC(C)(C)C)C(C)C)cccc2[nH]1. The summed E-state index contributed by atoms with van der Waals surface area (Å²) < 4.78 is 11.5. The summed E-state index contributed by atoms with van der Waals surface area (Å²) in [7, 11) is 0. The number of rotatable bonds is 4. The van der Waals surface area contributed by atoms with E-state index in [9.17, 15) is 4.79 Å². The minimum Gasteiger partial charge on any atom is -0.478 e. The Morgan fingerprint density at radius 2 is 1.91 bits per heavy atom. The van der Waals surface area contributed by atoms with Gasteiger partial charge in [0.15, 0.2) is 6.10 Å². The molecule has 1 atom stereocenters. The Hall–Kier alpha value is -1.97.